The van der Waals surface area contributed by atoms with Gasteiger partial charge in [0, 0.05) is 16.9 Å². The third kappa shape index (κ3) is 3.03. The number of rotatable bonds is 3. The summed E-state index contributed by atoms with van der Waals surface area (Å²) in [4.78, 5) is 12.1. The molecule has 0 aliphatic heterocycles. The number of benzene rings is 2. The molecular weight excluding hydrogens is 276 g/mol. The number of methoxy groups -OCH3 is 1. The SMILES string of the molecule is COc1cc(C(=O)Nc2ccc(C)c(N)c2)ccc1Cl. The molecule has 2 rings (SSSR count). The fraction of sp³-hybridized carbons (Fsp3) is 0.133. The van der Waals surface area contributed by atoms with Crippen molar-refractivity contribution in [2.24, 2.45) is 0 Å². The summed E-state index contributed by atoms with van der Waals surface area (Å²) in [6, 6.07) is 10.2. The van der Waals surface area contributed by atoms with Crippen LogP contribution in [0.5, 0.6) is 5.75 Å². The Morgan fingerprint density at radius 1 is 1.25 bits per heavy atom. The molecule has 5 heteroatoms. The summed E-state index contributed by atoms with van der Waals surface area (Å²) in [5.74, 6) is 0.214. The second kappa shape index (κ2) is 5.84. The molecule has 0 fully saturated rings. The molecule has 2 aromatic rings. The number of aryl methyl sites for hydroxylation is 1. The summed E-state index contributed by atoms with van der Waals surface area (Å²) >= 11 is 5.93. The van der Waals surface area contributed by atoms with Gasteiger partial charge in [0.05, 0.1) is 12.1 Å². The summed E-state index contributed by atoms with van der Waals surface area (Å²) in [7, 11) is 1.50. The summed E-state index contributed by atoms with van der Waals surface area (Å²) in [6.07, 6.45) is 0. The lowest BCUT2D eigenvalue weighted by atomic mass is 10.1. The van der Waals surface area contributed by atoms with Crippen molar-refractivity contribution in [1.29, 1.82) is 0 Å². The minimum absolute atomic E-state index is 0.247. The molecule has 0 saturated heterocycles. The van der Waals surface area contributed by atoms with E-state index in [0.717, 1.165) is 5.56 Å². The molecule has 0 aliphatic carbocycles. The Kier molecular flexibility index (Phi) is 4.15. The molecule has 3 N–H and O–H groups in total. The first-order valence-electron chi connectivity index (χ1n) is 6.02. The number of amides is 1. The van der Waals surface area contributed by atoms with E-state index < -0.39 is 0 Å². The number of nitrogens with one attached hydrogen (secondary N) is 1. The minimum Gasteiger partial charge on any atom is -0.495 e. The number of nitrogens with two attached hydrogens (primary N) is 1. The van der Waals surface area contributed by atoms with E-state index in [0.29, 0.717) is 27.7 Å². The highest BCUT2D eigenvalue weighted by Crippen LogP contribution is 2.25. The average molecular weight is 291 g/mol. The number of hydrogen-bond acceptors (Lipinski definition) is 3. The first-order chi connectivity index (χ1) is 9.51. The lowest BCUT2D eigenvalue weighted by Gasteiger charge is -2.09. The van der Waals surface area contributed by atoms with Gasteiger partial charge >= 0.3 is 0 Å². The lowest BCUT2D eigenvalue weighted by Crippen LogP contribution is -2.12. The van der Waals surface area contributed by atoms with Gasteiger partial charge in [-0.05, 0) is 42.8 Å². The highest BCUT2D eigenvalue weighted by Gasteiger charge is 2.10. The van der Waals surface area contributed by atoms with Gasteiger partial charge < -0.3 is 15.8 Å². The van der Waals surface area contributed by atoms with Crippen LogP contribution in [-0.2, 0) is 0 Å². The van der Waals surface area contributed by atoms with Gasteiger partial charge in [0.1, 0.15) is 5.75 Å². The second-order valence-electron chi connectivity index (χ2n) is 4.37. The molecule has 0 bridgehead atoms. The van der Waals surface area contributed by atoms with Gasteiger partial charge in [-0.2, -0.15) is 0 Å². The molecule has 0 saturated carbocycles. The zero-order valence-corrected chi connectivity index (χ0v) is 12.0. The van der Waals surface area contributed by atoms with Crippen LogP contribution in [0.25, 0.3) is 0 Å². The number of halogens is 1. The van der Waals surface area contributed by atoms with E-state index in [9.17, 15) is 4.79 Å². The Balaban J connectivity index is 2.21. The lowest BCUT2D eigenvalue weighted by molar-refractivity contribution is 0.102. The van der Waals surface area contributed by atoms with Crippen LogP contribution in [0.4, 0.5) is 11.4 Å². The average Bonchev–Trinajstić information content (AvgIpc) is 2.43. The predicted octanol–water partition coefficient (Wildman–Crippen LogP) is 3.49. The van der Waals surface area contributed by atoms with Gasteiger partial charge in [0.15, 0.2) is 0 Å². The molecule has 20 heavy (non-hydrogen) atoms. The highest BCUT2D eigenvalue weighted by atomic mass is 35.5. The van der Waals surface area contributed by atoms with Crippen LogP contribution in [0, 0.1) is 6.92 Å². The van der Waals surface area contributed by atoms with E-state index in [4.69, 9.17) is 22.1 Å². The molecule has 104 valence electrons. The second-order valence-corrected chi connectivity index (χ2v) is 4.78. The summed E-state index contributed by atoms with van der Waals surface area (Å²) < 4.78 is 5.09. The van der Waals surface area contributed by atoms with Gasteiger partial charge in [0.2, 0.25) is 0 Å². The number of carbonyl (C=O) groups excluding carboxylic acids is 1. The Hall–Kier alpha value is -2.20. The summed E-state index contributed by atoms with van der Waals surface area (Å²) in [5.41, 5.74) is 8.52. The third-order valence-corrected chi connectivity index (χ3v) is 3.26. The van der Waals surface area contributed by atoms with Crippen LogP contribution in [0.3, 0.4) is 0 Å². The van der Waals surface area contributed by atoms with Crippen LogP contribution < -0.4 is 15.8 Å². The monoisotopic (exact) mass is 290 g/mol. The van der Waals surface area contributed by atoms with Crippen LogP contribution >= 0.6 is 11.6 Å². The molecule has 0 atom stereocenters. The topological polar surface area (TPSA) is 64.3 Å². The quantitative estimate of drug-likeness (QED) is 0.851. The van der Waals surface area contributed by atoms with Gasteiger partial charge in [-0.3, -0.25) is 4.79 Å². The van der Waals surface area contributed by atoms with E-state index in [1.54, 1.807) is 30.3 Å². The van der Waals surface area contributed by atoms with Crippen LogP contribution in [0.15, 0.2) is 36.4 Å². The maximum Gasteiger partial charge on any atom is 0.255 e. The Bertz CT molecular complexity index is 656. The number of nitrogen functional groups attached to an aromatic ring is 1. The largest absolute Gasteiger partial charge is 0.495 e. The Labute approximate surface area is 122 Å². The van der Waals surface area contributed by atoms with Crippen molar-refractivity contribution in [2.75, 3.05) is 18.2 Å². The normalized spacial score (nSPS) is 10.2. The van der Waals surface area contributed by atoms with E-state index >= 15 is 0 Å². The van der Waals surface area contributed by atoms with E-state index in [-0.39, 0.29) is 5.91 Å². The molecule has 0 aliphatic rings. The Morgan fingerprint density at radius 2 is 2.00 bits per heavy atom. The zero-order valence-electron chi connectivity index (χ0n) is 11.2. The van der Waals surface area contributed by atoms with Crippen molar-refractivity contribution in [3.05, 3.63) is 52.5 Å². The zero-order chi connectivity index (χ0) is 14.7. The van der Waals surface area contributed by atoms with Crippen LogP contribution in [0.2, 0.25) is 5.02 Å². The van der Waals surface area contributed by atoms with Crippen molar-refractivity contribution in [1.82, 2.24) is 0 Å². The van der Waals surface area contributed by atoms with Crippen molar-refractivity contribution in [3.8, 4) is 5.75 Å². The van der Waals surface area contributed by atoms with Crippen molar-refractivity contribution in [3.63, 3.8) is 0 Å². The van der Waals surface area contributed by atoms with Gasteiger partial charge in [-0.15, -0.1) is 0 Å². The number of anilines is 2. The minimum atomic E-state index is -0.247. The van der Waals surface area contributed by atoms with Crippen molar-refractivity contribution >= 4 is 28.9 Å². The number of carbonyl (C=O) groups is 1. The molecule has 4 nitrogen and oxygen atoms in total. The smallest absolute Gasteiger partial charge is 0.255 e. The highest BCUT2D eigenvalue weighted by molar-refractivity contribution is 6.32. The number of hydrogen-bond donors (Lipinski definition) is 2. The maximum atomic E-state index is 12.1. The molecule has 1 amide bonds. The standard InChI is InChI=1S/C15H15ClN2O2/c1-9-3-5-11(8-13(9)17)18-15(19)10-4-6-12(16)14(7-10)20-2/h3-8H,17H2,1-2H3,(H,18,19). The van der Waals surface area contributed by atoms with Crippen LogP contribution in [0.1, 0.15) is 15.9 Å². The van der Waals surface area contributed by atoms with Gasteiger partial charge in [-0.1, -0.05) is 17.7 Å². The first kappa shape index (κ1) is 14.2. The fourth-order valence-electron chi connectivity index (χ4n) is 1.72. The van der Waals surface area contributed by atoms with Crippen LogP contribution in [-0.4, -0.2) is 13.0 Å². The maximum absolute atomic E-state index is 12.1. The van der Waals surface area contributed by atoms with E-state index in [1.165, 1.54) is 7.11 Å². The molecule has 2 aromatic carbocycles. The molecule has 0 radical (unpaired) electrons. The van der Waals surface area contributed by atoms with E-state index in [1.807, 2.05) is 13.0 Å². The number of ether oxygens (including phenoxy) is 1. The summed E-state index contributed by atoms with van der Waals surface area (Å²) in [6.45, 7) is 1.91. The van der Waals surface area contributed by atoms with Gasteiger partial charge in [0.25, 0.3) is 5.91 Å². The third-order valence-electron chi connectivity index (χ3n) is 2.95. The molecule has 0 unspecified atom stereocenters. The van der Waals surface area contributed by atoms with Crippen molar-refractivity contribution < 1.29 is 9.53 Å². The predicted molar refractivity (Wildman–Crippen MR) is 81.5 cm³/mol. The molecule has 0 spiro atoms. The van der Waals surface area contributed by atoms with Gasteiger partial charge in [-0.25, -0.2) is 0 Å². The first-order valence-corrected chi connectivity index (χ1v) is 6.40. The molecule has 0 aromatic heterocycles. The fourth-order valence-corrected chi connectivity index (χ4v) is 1.92. The molecule has 0 heterocycles. The van der Waals surface area contributed by atoms with Crippen molar-refractivity contribution in [2.45, 2.75) is 6.92 Å². The summed E-state index contributed by atoms with van der Waals surface area (Å²) in [5, 5.41) is 3.24. The molecular formula is C15H15ClN2O2. The Morgan fingerprint density at radius 3 is 2.65 bits per heavy atom. The van der Waals surface area contributed by atoms with E-state index in [2.05, 4.69) is 5.32 Å².